The van der Waals surface area contributed by atoms with Gasteiger partial charge in [0.2, 0.25) is 5.91 Å². The minimum absolute atomic E-state index is 0.115. The van der Waals surface area contributed by atoms with Crippen molar-refractivity contribution in [3.63, 3.8) is 0 Å². The zero-order valence-electron chi connectivity index (χ0n) is 16.6. The number of aliphatic hydroxyl groups excluding tert-OH is 1. The van der Waals surface area contributed by atoms with Crippen LogP contribution in [0.3, 0.4) is 0 Å². The van der Waals surface area contributed by atoms with E-state index in [4.69, 9.17) is 4.74 Å². The molecule has 0 saturated carbocycles. The van der Waals surface area contributed by atoms with Crippen molar-refractivity contribution in [2.45, 2.75) is 45.2 Å². The van der Waals surface area contributed by atoms with Gasteiger partial charge in [0.1, 0.15) is 11.8 Å². The maximum atomic E-state index is 12.5. The molecule has 1 aromatic carbocycles. The van der Waals surface area contributed by atoms with E-state index in [2.05, 4.69) is 10.6 Å². The number of aliphatic hydroxyl groups is 1. The number of rotatable bonds is 10. The second-order valence-electron chi connectivity index (χ2n) is 7.04. The van der Waals surface area contributed by atoms with Crippen LogP contribution in [0.5, 0.6) is 5.75 Å². The molecule has 0 spiro atoms. The molecule has 4 amide bonds. The fraction of sp³-hybridized carbons (Fsp3) is 0.550. The first-order chi connectivity index (χ1) is 13.4. The lowest BCUT2D eigenvalue weighted by molar-refractivity contribution is -0.131. The van der Waals surface area contributed by atoms with Crippen molar-refractivity contribution in [3.05, 3.63) is 29.8 Å². The van der Waals surface area contributed by atoms with E-state index in [0.29, 0.717) is 6.42 Å². The minimum Gasteiger partial charge on any atom is -0.497 e. The Bertz CT molecular complexity index is 692. The number of carbonyl (C=O) groups excluding carboxylic acids is 3. The van der Waals surface area contributed by atoms with Crippen LogP contribution in [0.2, 0.25) is 0 Å². The van der Waals surface area contributed by atoms with Gasteiger partial charge in [-0.1, -0.05) is 32.4 Å². The minimum atomic E-state index is -0.875. The zero-order chi connectivity index (χ0) is 20.7. The molecule has 1 fully saturated rings. The number of methoxy groups -OCH3 is 1. The van der Waals surface area contributed by atoms with Crippen LogP contribution in [0, 0.1) is 5.92 Å². The van der Waals surface area contributed by atoms with Crippen molar-refractivity contribution in [2.75, 3.05) is 20.3 Å². The van der Waals surface area contributed by atoms with Crippen LogP contribution in [0.25, 0.3) is 0 Å². The molecule has 0 bridgehead atoms. The van der Waals surface area contributed by atoms with Gasteiger partial charge in [-0.25, -0.2) is 4.79 Å². The van der Waals surface area contributed by atoms with Gasteiger partial charge in [-0.15, -0.1) is 0 Å². The van der Waals surface area contributed by atoms with E-state index in [-0.39, 0.29) is 37.4 Å². The third-order valence-corrected chi connectivity index (χ3v) is 5.15. The first-order valence-electron chi connectivity index (χ1n) is 9.54. The van der Waals surface area contributed by atoms with Crippen LogP contribution in [-0.2, 0) is 16.0 Å². The maximum Gasteiger partial charge on any atom is 0.324 e. The molecular formula is C20H29N3O5. The Kier molecular flexibility index (Phi) is 7.80. The van der Waals surface area contributed by atoms with Crippen molar-refractivity contribution < 1.29 is 24.2 Å². The van der Waals surface area contributed by atoms with Gasteiger partial charge < -0.3 is 20.5 Å². The fourth-order valence-corrected chi connectivity index (χ4v) is 3.06. The number of amides is 4. The standard InChI is InChI=1S/C20H29N3O5/c1-4-13(2)17(12-24)21-18(25)11-16-19(26)23(20(27)22-16)10-9-14-5-7-15(28-3)8-6-14/h5-8,13,16-17,24H,4,9-12H2,1-3H3,(H,21,25)(H,22,27)/t13-,16-,17+/m0/s1. The Labute approximate surface area is 165 Å². The molecule has 8 nitrogen and oxygen atoms in total. The molecule has 8 heteroatoms. The van der Waals surface area contributed by atoms with Crippen LogP contribution in [0.1, 0.15) is 32.3 Å². The van der Waals surface area contributed by atoms with E-state index in [9.17, 15) is 19.5 Å². The molecule has 0 aliphatic carbocycles. The van der Waals surface area contributed by atoms with E-state index >= 15 is 0 Å². The molecule has 1 heterocycles. The van der Waals surface area contributed by atoms with Crippen LogP contribution in [-0.4, -0.2) is 60.2 Å². The molecule has 0 unspecified atom stereocenters. The summed E-state index contributed by atoms with van der Waals surface area (Å²) in [6, 6.07) is 5.68. The largest absolute Gasteiger partial charge is 0.497 e. The number of urea groups is 1. The topological polar surface area (TPSA) is 108 Å². The quantitative estimate of drug-likeness (QED) is 0.517. The Morgan fingerprint density at radius 1 is 1.32 bits per heavy atom. The lowest BCUT2D eigenvalue weighted by atomic mass is 9.99. The number of ether oxygens (including phenoxy) is 1. The Balaban J connectivity index is 1.88. The van der Waals surface area contributed by atoms with Gasteiger partial charge in [0.05, 0.1) is 26.2 Å². The third kappa shape index (κ3) is 5.45. The predicted molar refractivity (Wildman–Crippen MR) is 104 cm³/mol. The van der Waals surface area contributed by atoms with Crippen LogP contribution in [0.4, 0.5) is 4.79 Å². The van der Waals surface area contributed by atoms with Gasteiger partial charge in [-0.2, -0.15) is 0 Å². The van der Waals surface area contributed by atoms with Crippen molar-refractivity contribution >= 4 is 17.8 Å². The molecule has 28 heavy (non-hydrogen) atoms. The molecule has 1 aromatic rings. The summed E-state index contributed by atoms with van der Waals surface area (Å²) in [5.74, 6) is 0.0833. The van der Waals surface area contributed by atoms with E-state index in [1.807, 2.05) is 38.1 Å². The van der Waals surface area contributed by atoms with E-state index in [0.717, 1.165) is 22.6 Å². The summed E-state index contributed by atoms with van der Waals surface area (Å²) in [6.07, 6.45) is 1.18. The Morgan fingerprint density at radius 3 is 2.57 bits per heavy atom. The average molecular weight is 391 g/mol. The number of nitrogens with one attached hydrogen (secondary N) is 2. The number of hydrogen-bond donors (Lipinski definition) is 3. The van der Waals surface area contributed by atoms with Gasteiger partial charge in [-0.05, 0) is 30.0 Å². The molecule has 0 radical (unpaired) electrons. The molecule has 154 valence electrons. The van der Waals surface area contributed by atoms with E-state index in [1.54, 1.807) is 7.11 Å². The maximum absolute atomic E-state index is 12.5. The Hall–Kier alpha value is -2.61. The highest BCUT2D eigenvalue weighted by Gasteiger charge is 2.39. The SMILES string of the molecule is CC[C@H](C)[C@@H](CO)NC(=O)C[C@@H]1NC(=O)N(CCc2ccc(OC)cc2)C1=O. The molecule has 2 rings (SSSR count). The number of imide groups is 1. The van der Waals surface area contributed by atoms with E-state index in [1.165, 1.54) is 0 Å². The van der Waals surface area contributed by atoms with Gasteiger partial charge >= 0.3 is 6.03 Å². The number of benzene rings is 1. The summed E-state index contributed by atoms with van der Waals surface area (Å²) < 4.78 is 5.11. The third-order valence-electron chi connectivity index (χ3n) is 5.15. The van der Waals surface area contributed by atoms with Crippen LogP contribution >= 0.6 is 0 Å². The zero-order valence-corrected chi connectivity index (χ0v) is 16.6. The number of nitrogens with zero attached hydrogens (tertiary/aromatic N) is 1. The van der Waals surface area contributed by atoms with Crippen LogP contribution < -0.4 is 15.4 Å². The number of hydrogen-bond acceptors (Lipinski definition) is 5. The summed E-state index contributed by atoms with van der Waals surface area (Å²) in [4.78, 5) is 38.0. The highest BCUT2D eigenvalue weighted by molar-refractivity contribution is 6.05. The fourth-order valence-electron chi connectivity index (χ4n) is 3.06. The molecule has 1 aliphatic rings. The highest BCUT2D eigenvalue weighted by atomic mass is 16.5. The van der Waals surface area contributed by atoms with E-state index < -0.39 is 18.0 Å². The average Bonchev–Trinajstić information content (AvgIpc) is 2.96. The molecule has 3 N–H and O–H groups in total. The Morgan fingerprint density at radius 2 is 2.00 bits per heavy atom. The summed E-state index contributed by atoms with van der Waals surface area (Å²) in [5.41, 5.74) is 0.974. The molecule has 0 aromatic heterocycles. The second kappa shape index (κ2) is 10.1. The summed E-state index contributed by atoms with van der Waals surface area (Å²) >= 11 is 0. The van der Waals surface area contributed by atoms with Crippen molar-refractivity contribution in [1.82, 2.24) is 15.5 Å². The van der Waals surface area contributed by atoms with Gasteiger partial charge in [0.25, 0.3) is 5.91 Å². The highest BCUT2D eigenvalue weighted by Crippen LogP contribution is 2.15. The first-order valence-corrected chi connectivity index (χ1v) is 9.54. The monoisotopic (exact) mass is 391 g/mol. The number of carbonyl (C=O) groups is 3. The normalized spacial score (nSPS) is 18.6. The molecule has 1 saturated heterocycles. The van der Waals surface area contributed by atoms with Crippen molar-refractivity contribution in [2.24, 2.45) is 5.92 Å². The summed E-state index contributed by atoms with van der Waals surface area (Å²) in [7, 11) is 1.59. The smallest absolute Gasteiger partial charge is 0.324 e. The lowest BCUT2D eigenvalue weighted by Gasteiger charge is -2.22. The molecule has 3 atom stereocenters. The van der Waals surface area contributed by atoms with Crippen molar-refractivity contribution in [3.8, 4) is 5.75 Å². The summed E-state index contributed by atoms with van der Waals surface area (Å²) in [5, 5.41) is 14.7. The van der Waals surface area contributed by atoms with Gasteiger partial charge in [0, 0.05) is 6.54 Å². The van der Waals surface area contributed by atoms with Gasteiger partial charge in [-0.3, -0.25) is 14.5 Å². The van der Waals surface area contributed by atoms with Crippen LogP contribution in [0.15, 0.2) is 24.3 Å². The first kappa shape index (κ1) is 21.7. The molecular weight excluding hydrogens is 362 g/mol. The molecule has 1 aliphatic heterocycles. The summed E-state index contributed by atoms with van der Waals surface area (Å²) in [6.45, 7) is 3.98. The second-order valence-corrected chi connectivity index (χ2v) is 7.04. The van der Waals surface area contributed by atoms with Crippen molar-refractivity contribution in [1.29, 1.82) is 0 Å². The predicted octanol–water partition coefficient (Wildman–Crippen LogP) is 1.07. The van der Waals surface area contributed by atoms with Gasteiger partial charge in [0.15, 0.2) is 0 Å². The lowest BCUT2D eigenvalue weighted by Crippen LogP contribution is -2.45.